The summed E-state index contributed by atoms with van der Waals surface area (Å²) in [7, 11) is 0. The second-order valence-corrected chi connectivity index (χ2v) is 30.0. The van der Waals surface area contributed by atoms with Gasteiger partial charge in [-0.25, -0.2) is 4.98 Å². The van der Waals surface area contributed by atoms with Crippen LogP contribution >= 0.6 is 25.3 Å². The van der Waals surface area contributed by atoms with Crippen molar-refractivity contribution in [1.82, 2.24) is 84.1 Å². The fourth-order valence-corrected chi connectivity index (χ4v) is 12.6. The molecule has 35 nitrogen and oxygen atoms in total. The molecule has 0 radical (unpaired) electrons. The predicted molar refractivity (Wildman–Crippen MR) is 435 cm³/mol. The third-order valence-corrected chi connectivity index (χ3v) is 19.0. The second-order valence-electron chi connectivity index (χ2n) is 28.5. The van der Waals surface area contributed by atoms with Crippen LogP contribution in [-0.2, 0) is 89.6 Å². The second kappa shape index (κ2) is 45.7. The molecule has 11 atom stereocenters. The van der Waals surface area contributed by atoms with Gasteiger partial charge in [0, 0.05) is 72.6 Å². The summed E-state index contributed by atoms with van der Waals surface area (Å²) in [4.78, 5) is 182. The molecule has 37 heteroatoms. The number of hydrogen-bond acceptors (Lipinski definition) is 19. The van der Waals surface area contributed by atoms with E-state index in [1.54, 1.807) is 131 Å². The summed E-state index contributed by atoms with van der Waals surface area (Å²) in [5, 5.41) is 60.9. The molecule has 0 aliphatic heterocycles. The van der Waals surface area contributed by atoms with Gasteiger partial charge in [-0.15, -0.1) is 0 Å². The van der Waals surface area contributed by atoms with E-state index in [0.29, 0.717) is 46.0 Å². The van der Waals surface area contributed by atoms with Crippen LogP contribution in [-0.4, -0.2) is 199 Å². The highest BCUT2D eigenvalue weighted by molar-refractivity contribution is 7.81. The Morgan fingerprint density at radius 3 is 1.42 bits per heavy atom. The number of carbonyl (C=O) groups is 12. The summed E-state index contributed by atoms with van der Waals surface area (Å²) in [6, 6.07) is 15.0. The fourth-order valence-electron chi connectivity index (χ4n) is 12.2. The first-order valence-corrected chi connectivity index (χ1v) is 38.5. The number of unbranched alkanes of at least 4 members (excludes halogenated alkanes) is 1. The molecule has 6 aromatic rings. The van der Waals surface area contributed by atoms with Crippen molar-refractivity contribution in [2.45, 2.75) is 183 Å². The number of hydrogen-bond donors (Lipinski definition) is 24. The topological polar surface area (TPSA) is 578 Å². The number of nitrogens with one attached hydrogen (secondary N) is 17. The van der Waals surface area contributed by atoms with Gasteiger partial charge in [0.1, 0.15) is 66.2 Å². The number of nitrogens with two attached hydrogens (primary N) is 4. The van der Waals surface area contributed by atoms with Gasteiger partial charge in [0.25, 0.3) is 0 Å². The normalized spacial score (nSPS) is 14.1. The number of aromatic amines is 2. The standard InChI is InChI=1S/C77H108N22O13S2/c1-6-7-23-53(92-73(111)62(43(2)3)98-64(102)51(78)33-46-27-29-49(100)30-28-46)68(106)99-63(77(4,5)114)74(112)96-59(37-48-39-84-42-89-48)71(109)94-57(35-45-20-12-9-13-21-45)69(107)90-54(25-16-31-85-75(80)81)67(105)95-58(36-47-38-87-52-24-15-14-22-50(47)52)70(108)97-60(41-113)72(110)91-55(26-17-32-86-76(82)83)66(104)93-56(65(103)88-40-61(79)101)34-44-18-10-8-11-19-44/h8-15,18-22,24,27-30,38-39,42-43,51,53-60,62-63,87,100,113-114H,6-7,16-17,23,25-26,31-37,40-41,78H2,1-5H3,(H2,79,101)(H,84,89)(H,88,103)(H,90,107)(H,91,110)(H,92,111)(H,93,104)(H,94,109)(H,95,105)(H,96,112)(H,97,108)(H,98,102)(H,99,106)(H4,80,81,85)(H4,82,83,86)/t51-,53-,54-,55-,56-,57-,58-,59-,60-,62-,63+/m0/s1. The van der Waals surface area contributed by atoms with Crippen molar-refractivity contribution in [3.8, 4) is 5.75 Å². The van der Waals surface area contributed by atoms with Gasteiger partial charge in [-0.05, 0) is 98.7 Å². The number of guanidine groups is 2. The van der Waals surface area contributed by atoms with Gasteiger partial charge in [-0.1, -0.05) is 125 Å². The lowest BCUT2D eigenvalue weighted by molar-refractivity contribution is -0.136. The van der Waals surface area contributed by atoms with E-state index in [1.807, 2.05) is 6.92 Å². The number of aromatic nitrogens is 3. The zero-order chi connectivity index (χ0) is 83.6. The number of benzene rings is 4. The number of phenols is 1. The number of nitrogens with zero attached hydrogens (tertiary/aromatic N) is 1. The molecule has 0 saturated heterocycles. The Kier molecular flexibility index (Phi) is 36.5. The van der Waals surface area contributed by atoms with E-state index in [2.05, 4.69) is 96.7 Å². The molecule has 12 amide bonds. The van der Waals surface area contributed by atoms with Crippen molar-refractivity contribution in [3.63, 3.8) is 0 Å². The molecule has 2 heterocycles. The van der Waals surface area contributed by atoms with Crippen molar-refractivity contribution in [1.29, 1.82) is 10.8 Å². The molecule has 6 rings (SSSR count). The van der Waals surface area contributed by atoms with Crippen molar-refractivity contribution in [2.75, 3.05) is 25.4 Å². The minimum absolute atomic E-state index is 0.0190. The van der Waals surface area contributed by atoms with Crippen LogP contribution in [0.1, 0.15) is 108 Å². The number of phenolic OH excluding ortho intramolecular Hbond substituents is 1. The number of carbonyl (C=O) groups excluding carboxylic acids is 12. The van der Waals surface area contributed by atoms with Gasteiger partial charge >= 0.3 is 0 Å². The Morgan fingerprint density at radius 1 is 0.491 bits per heavy atom. The SMILES string of the molecule is CCCC[C@H](NC(=O)[C@@H](NC(=O)[C@@H](N)Cc1ccc(O)cc1)C(C)C)C(=O)N[C@H](C(=O)N[C@@H](Cc1c[nH]cn1)C(=O)N[C@@H](Cc1ccccc1)C(=O)N[C@@H](CCCNC(=N)N)C(=O)N[C@@H](Cc1c[nH]c2ccccc12)C(=O)N[C@@H](CS)C(=O)N[C@@H](CCCNC(=N)N)C(=O)N[C@@H](Cc1ccccc1)C(=O)NCC(N)=O)C(C)(C)S. The molecule has 0 unspecified atom stereocenters. The quantitative estimate of drug-likeness (QED) is 0.00933. The lowest BCUT2D eigenvalue weighted by atomic mass is 9.98. The molecule has 4 aromatic carbocycles. The maximum Gasteiger partial charge on any atom is 0.244 e. The number of amides is 12. The van der Waals surface area contributed by atoms with Crippen LogP contribution in [0.3, 0.4) is 0 Å². The molecule has 26 N–H and O–H groups in total. The summed E-state index contributed by atoms with van der Waals surface area (Å²) >= 11 is 9.17. The van der Waals surface area contributed by atoms with E-state index in [4.69, 9.17) is 46.4 Å². The van der Waals surface area contributed by atoms with Gasteiger partial charge in [0.15, 0.2) is 11.9 Å². The smallest absolute Gasteiger partial charge is 0.244 e. The summed E-state index contributed by atoms with van der Waals surface area (Å²) < 4.78 is -1.38. The highest BCUT2D eigenvalue weighted by Gasteiger charge is 2.41. The van der Waals surface area contributed by atoms with Crippen molar-refractivity contribution in [2.24, 2.45) is 28.9 Å². The Labute approximate surface area is 671 Å². The van der Waals surface area contributed by atoms with Gasteiger partial charge in [-0.2, -0.15) is 25.3 Å². The molecule has 0 fully saturated rings. The lowest BCUT2D eigenvalue weighted by Crippen LogP contribution is -2.63. The highest BCUT2D eigenvalue weighted by Crippen LogP contribution is 2.22. The number of H-pyrrole nitrogens is 2. The van der Waals surface area contributed by atoms with Crippen LogP contribution in [0.5, 0.6) is 5.75 Å². The van der Waals surface area contributed by atoms with Crippen LogP contribution < -0.4 is 92.1 Å². The molecule has 616 valence electrons. The van der Waals surface area contributed by atoms with Crippen LogP contribution in [0, 0.1) is 16.7 Å². The predicted octanol–water partition coefficient (Wildman–Crippen LogP) is -1.10. The van der Waals surface area contributed by atoms with E-state index in [0.717, 1.165) is 0 Å². The van der Waals surface area contributed by atoms with Crippen molar-refractivity contribution in [3.05, 3.63) is 156 Å². The average Bonchev–Trinajstić information content (AvgIpc) is 1.63. The zero-order valence-electron chi connectivity index (χ0n) is 64.4. The molecule has 0 aliphatic carbocycles. The monoisotopic (exact) mass is 1610 g/mol. The van der Waals surface area contributed by atoms with E-state index < -0.39 is 161 Å². The Bertz CT molecular complexity index is 4230. The number of aromatic hydroxyl groups is 1. The summed E-state index contributed by atoms with van der Waals surface area (Å²) in [6.07, 6.45) is 4.81. The molecule has 0 spiro atoms. The first kappa shape index (κ1) is 91.1. The van der Waals surface area contributed by atoms with Gasteiger partial charge < -0.3 is 107 Å². The molecular formula is C77H108N22O13S2. The molecule has 0 bridgehead atoms. The lowest BCUT2D eigenvalue weighted by Gasteiger charge is -2.33. The van der Waals surface area contributed by atoms with Gasteiger partial charge in [0.2, 0.25) is 70.9 Å². The first-order valence-electron chi connectivity index (χ1n) is 37.5. The molecule has 2 aromatic heterocycles. The van der Waals surface area contributed by atoms with Gasteiger partial charge in [-0.3, -0.25) is 68.4 Å². The molecular weight excluding hydrogens is 1510 g/mol. The summed E-state index contributed by atoms with van der Waals surface area (Å²) in [5.74, 6) is -11.8. The van der Waals surface area contributed by atoms with Crippen LogP contribution in [0.2, 0.25) is 0 Å². The van der Waals surface area contributed by atoms with Crippen LogP contribution in [0.4, 0.5) is 0 Å². The summed E-state index contributed by atoms with van der Waals surface area (Å²) in [5.41, 5.74) is 26.1. The average molecular weight is 1610 g/mol. The van der Waals surface area contributed by atoms with E-state index >= 15 is 19.2 Å². The van der Waals surface area contributed by atoms with E-state index in [-0.39, 0.29) is 100 Å². The number of imidazole rings is 1. The number of thiol groups is 2. The number of rotatable bonds is 47. The van der Waals surface area contributed by atoms with E-state index in [9.17, 15) is 43.5 Å². The zero-order valence-corrected chi connectivity index (χ0v) is 66.2. The maximum atomic E-state index is 15.3. The molecule has 0 aliphatic rings. The summed E-state index contributed by atoms with van der Waals surface area (Å²) in [6.45, 7) is 7.91. The fraction of sp³-hybridized carbons (Fsp3) is 0.442. The van der Waals surface area contributed by atoms with Crippen LogP contribution in [0.25, 0.3) is 10.9 Å². The Morgan fingerprint density at radius 2 is 0.930 bits per heavy atom. The number of primary amides is 1. The molecule has 0 saturated carbocycles. The van der Waals surface area contributed by atoms with Crippen molar-refractivity contribution < 1.29 is 62.6 Å². The van der Waals surface area contributed by atoms with Crippen LogP contribution in [0.15, 0.2) is 128 Å². The minimum Gasteiger partial charge on any atom is -0.508 e. The Hall–Kier alpha value is -11.7. The molecule has 114 heavy (non-hydrogen) atoms. The third kappa shape index (κ3) is 30.4. The third-order valence-electron chi connectivity index (χ3n) is 18.4. The first-order chi connectivity index (χ1) is 54.2. The number of fused-ring (bicyclic) bond motifs is 1. The number of para-hydroxylation sites is 1. The Balaban J connectivity index is 1.27. The van der Waals surface area contributed by atoms with Gasteiger partial charge in [0.05, 0.1) is 24.6 Å². The van der Waals surface area contributed by atoms with Crippen molar-refractivity contribution >= 4 is 119 Å². The highest BCUT2D eigenvalue weighted by atomic mass is 32.1. The maximum absolute atomic E-state index is 15.3. The van der Waals surface area contributed by atoms with E-state index in [1.165, 1.54) is 24.7 Å². The largest absolute Gasteiger partial charge is 0.508 e. The minimum atomic E-state index is -1.55.